The largest absolute Gasteiger partial charge is 0.343 e. The molecule has 0 aliphatic heterocycles. The standard InChI is InChI=1S/C25H25N5/c1-29(18-15-20-13-16-26-17-14-20)25-27-23(21-9-5-3-6-10-21)19-24(28-25)30(2)22-11-7-4-8-12-22/h3-14,16-17,19H,15,18H2,1-2H3. The van der Waals surface area contributed by atoms with Crippen molar-refractivity contribution in [2.45, 2.75) is 6.42 Å². The summed E-state index contributed by atoms with van der Waals surface area (Å²) in [5.41, 5.74) is 4.32. The van der Waals surface area contributed by atoms with Crippen molar-refractivity contribution in [2.24, 2.45) is 0 Å². The molecule has 30 heavy (non-hydrogen) atoms. The number of aromatic nitrogens is 3. The van der Waals surface area contributed by atoms with Crippen LogP contribution in [0.2, 0.25) is 0 Å². The third-order valence-electron chi connectivity index (χ3n) is 5.08. The predicted octanol–water partition coefficient (Wildman–Crippen LogP) is 4.99. The van der Waals surface area contributed by atoms with Crippen molar-refractivity contribution in [1.82, 2.24) is 15.0 Å². The Hall–Kier alpha value is -3.73. The third kappa shape index (κ3) is 4.63. The van der Waals surface area contributed by atoms with E-state index >= 15 is 0 Å². The van der Waals surface area contributed by atoms with Gasteiger partial charge in [0.2, 0.25) is 5.95 Å². The van der Waals surface area contributed by atoms with Crippen molar-refractivity contribution in [1.29, 1.82) is 0 Å². The minimum absolute atomic E-state index is 0.711. The number of benzene rings is 2. The van der Waals surface area contributed by atoms with Crippen molar-refractivity contribution in [3.05, 3.63) is 96.8 Å². The van der Waals surface area contributed by atoms with Gasteiger partial charge in [-0.1, -0.05) is 48.5 Å². The maximum absolute atomic E-state index is 4.88. The van der Waals surface area contributed by atoms with Gasteiger partial charge in [0.15, 0.2) is 0 Å². The van der Waals surface area contributed by atoms with E-state index in [1.165, 1.54) is 5.56 Å². The van der Waals surface area contributed by atoms with Gasteiger partial charge in [0.25, 0.3) is 0 Å². The number of likely N-dealkylation sites (N-methyl/N-ethyl adjacent to an activating group) is 1. The molecule has 0 aliphatic carbocycles. The summed E-state index contributed by atoms with van der Waals surface area (Å²) >= 11 is 0. The second kappa shape index (κ2) is 9.18. The van der Waals surface area contributed by atoms with Crippen LogP contribution in [0.4, 0.5) is 17.5 Å². The molecule has 0 bridgehead atoms. The smallest absolute Gasteiger partial charge is 0.227 e. The lowest BCUT2D eigenvalue weighted by atomic mass is 10.1. The average Bonchev–Trinajstić information content (AvgIpc) is 2.83. The first-order valence-corrected chi connectivity index (χ1v) is 10.0. The normalized spacial score (nSPS) is 10.6. The summed E-state index contributed by atoms with van der Waals surface area (Å²) in [6, 6.07) is 26.6. The zero-order valence-electron chi connectivity index (χ0n) is 17.3. The van der Waals surface area contributed by atoms with Gasteiger partial charge < -0.3 is 9.80 Å². The van der Waals surface area contributed by atoms with E-state index < -0.39 is 0 Å². The second-order valence-electron chi connectivity index (χ2n) is 7.20. The Morgan fingerprint density at radius 2 is 1.43 bits per heavy atom. The molecule has 4 aromatic rings. The monoisotopic (exact) mass is 395 g/mol. The molecule has 0 fully saturated rings. The van der Waals surface area contributed by atoms with Crippen molar-refractivity contribution in [3.8, 4) is 11.3 Å². The minimum atomic E-state index is 0.711. The number of hydrogen-bond acceptors (Lipinski definition) is 5. The van der Waals surface area contributed by atoms with Crippen molar-refractivity contribution in [3.63, 3.8) is 0 Å². The van der Waals surface area contributed by atoms with Gasteiger partial charge in [0.1, 0.15) is 5.82 Å². The second-order valence-corrected chi connectivity index (χ2v) is 7.20. The summed E-state index contributed by atoms with van der Waals surface area (Å²) in [6.07, 6.45) is 4.56. The molecule has 0 N–H and O–H groups in total. The van der Waals surface area contributed by atoms with E-state index in [1.54, 1.807) is 0 Å². The number of pyridine rings is 1. The lowest BCUT2D eigenvalue weighted by Gasteiger charge is -2.23. The zero-order valence-corrected chi connectivity index (χ0v) is 17.3. The van der Waals surface area contributed by atoms with Crippen LogP contribution in [0.5, 0.6) is 0 Å². The van der Waals surface area contributed by atoms with Crippen LogP contribution in [0, 0.1) is 0 Å². The molecule has 0 aliphatic rings. The lowest BCUT2D eigenvalue weighted by Crippen LogP contribution is -2.24. The molecule has 0 saturated carbocycles. The van der Waals surface area contributed by atoms with Crippen LogP contribution in [0.25, 0.3) is 11.3 Å². The number of para-hydroxylation sites is 1. The number of nitrogens with zero attached hydrogens (tertiary/aromatic N) is 5. The van der Waals surface area contributed by atoms with Crippen LogP contribution in [0.1, 0.15) is 5.56 Å². The quantitative estimate of drug-likeness (QED) is 0.441. The van der Waals surface area contributed by atoms with Gasteiger partial charge in [-0.3, -0.25) is 4.98 Å². The SMILES string of the molecule is CN(CCc1ccncc1)c1nc(-c2ccccc2)cc(N(C)c2ccccc2)n1. The Morgan fingerprint density at radius 1 is 0.767 bits per heavy atom. The van der Waals surface area contributed by atoms with E-state index in [4.69, 9.17) is 9.97 Å². The molecule has 150 valence electrons. The highest BCUT2D eigenvalue weighted by Crippen LogP contribution is 2.28. The first-order valence-electron chi connectivity index (χ1n) is 10.0. The van der Waals surface area contributed by atoms with Gasteiger partial charge in [-0.05, 0) is 36.2 Å². The highest BCUT2D eigenvalue weighted by molar-refractivity contribution is 5.68. The molecule has 0 atom stereocenters. The Bertz CT molecular complexity index is 1070. The minimum Gasteiger partial charge on any atom is -0.343 e. The summed E-state index contributed by atoms with van der Waals surface area (Å²) in [5, 5.41) is 0. The van der Waals surface area contributed by atoms with Crippen LogP contribution < -0.4 is 9.80 Å². The van der Waals surface area contributed by atoms with Gasteiger partial charge in [0.05, 0.1) is 5.69 Å². The molecule has 5 heteroatoms. The van der Waals surface area contributed by atoms with E-state index in [0.717, 1.165) is 35.7 Å². The number of hydrogen-bond donors (Lipinski definition) is 0. The van der Waals surface area contributed by atoms with E-state index in [-0.39, 0.29) is 0 Å². The summed E-state index contributed by atoms with van der Waals surface area (Å²) in [7, 11) is 4.07. The lowest BCUT2D eigenvalue weighted by molar-refractivity contribution is 0.836. The Morgan fingerprint density at radius 3 is 2.13 bits per heavy atom. The molecule has 2 aromatic heterocycles. The van der Waals surface area contributed by atoms with E-state index in [2.05, 4.69) is 39.0 Å². The van der Waals surface area contributed by atoms with Gasteiger partial charge >= 0.3 is 0 Å². The van der Waals surface area contributed by atoms with Crippen molar-refractivity contribution in [2.75, 3.05) is 30.4 Å². The van der Waals surface area contributed by atoms with Crippen molar-refractivity contribution >= 4 is 17.5 Å². The Balaban J connectivity index is 1.66. The van der Waals surface area contributed by atoms with Gasteiger partial charge in [-0.25, -0.2) is 4.98 Å². The average molecular weight is 396 g/mol. The molecule has 0 spiro atoms. The molecule has 0 saturated heterocycles. The topological polar surface area (TPSA) is 45.2 Å². The predicted molar refractivity (Wildman–Crippen MR) is 123 cm³/mol. The highest BCUT2D eigenvalue weighted by Gasteiger charge is 2.14. The summed E-state index contributed by atoms with van der Waals surface area (Å²) in [6.45, 7) is 0.816. The molecule has 4 rings (SSSR count). The van der Waals surface area contributed by atoms with Crippen LogP contribution >= 0.6 is 0 Å². The van der Waals surface area contributed by atoms with Crippen LogP contribution in [0.3, 0.4) is 0 Å². The van der Waals surface area contributed by atoms with Gasteiger partial charge in [0, 0.05) is 50.4 Å². The zero-order chi connectivity index (χ0) is 20.8. The maximum atomic E-state index is 4.88. The van der Waals surface area contributed by atoms with Crippen LogP contribution in [0.15, 0.2) is 91.3 Å². The number of anilines is 3. The van der Waals surface area contributed by atoms with Gasteiger partial charge in [-0.2, -0.15) is 4.98 Å². The molecule has 0 unspecified atom stereocenters. The highest BCUT2D eigenvalue weighted by atomic mass is 15.3. The summed E-state index contributed by atoms with van der Waals surface area (Å²) < 4.78 is 0. The third-order valence-corrected chi connectivity index (χ3v) is 5.08. The molecular weight excluding hydrogens is 370 g/mol. The maximum Gasteiger partial charge on any atom is 0.227 e. The Kier molecular flexibility index (Phi) is 5.99. The molecule has 2 aromatic carbocycles. The number of rotatable bonds is 7. The van der Waals surface area contributed by atoms with E-state index in [0.29, 0.717) is 5.95 Å². The molecule has 5 nitrogen and oxygen atoms in total. The van der Waals surface area contributed by atoms with Crippen molar-refractivity contribution < 1.29 is 0 Å². The fourth-order valence-corrected chi connectivity index (χ4v) is 3.25. The summed E-state index contributed by atoms with van der Waals surface area (Å²) in [4.78, 5) is 18.0. The first-order chi connectivity index (χ1) is 14.7. The fourth-order valence-electron chi connectivity index (χ4n) is 3.25. The molecule has 0 radical (unpaired) electrons. The van der Waals surface area contributed by atoms with Gasteiger partial charge in [-0.15, -0.1) is 0 Å². The van der Waals surface area contributed by atoms with Crippen LogP contribution in [-0.4, -0.2) is 35.6 Å². The van der Waals surface area contributed by atoms with E-state index in [9.17, 15) is 0 Å². The summed E-state index contributed by atoms with van der Waals surface area (Å²) in [5.74, 6) is 1.57. The fraction of sp³-hybridized carbons (Fsp3) is 0.160. The first kappa shape index (κ1) is 19.6. The molecule has 0 amide bonds. The molecule has 2 heterocycles. The van der Waals surface area contributed by atoms with E-state index in [1.807, 2.05) is 81.1 Å². The Labute approximate surface area is 177 Å². The molecular formula is C25H25N5. The van der Waals surface area contributed by atoms with Crippen LogP contribution in [-0.2, 0) is 6.42 Å².